The SMILES string of the molecule is Cc1ccc2sc(N(C)Cc3nnnn3C)nc2c1C. The van der Waals surface area contributed by atoms with E-state index in [1.54, 1.807) is 16.0 Å². The first-order valence-electron chi connectivity index (χ1n) is 6.35. The quantitative estimate of drug-likeness (QED) is 0.738. The van der Waals surface area contributed by atoms with Gasteiger partial charge in [0.05, 0.1) is 16.8 Å². The molecule has 0 amide bonds. The van der Waals surface area contributed by atoms with Crippen LogP contribution >= 0.6 is 11.3 Å². The number of tetrazole rings is 1. The fourth-order valence-electron chi connectivity index (χ4n) is 2.04. The summed E-state index contributed by atoms with van der Waals surface area (Å²) in [5.41, 5.74) is 3.61. The molecule has 2 heterocycles. The molecule has 0 unspecified atom stereocenters. The van der Waals surface area contributed by atoms with E-state index < -0.39 is 0 Å². The maximum Gasteiger partial charge on any atom is 0.186 e. The van der Waals surface area contributed by atoms with Gasteiger partial charge in [-0.1, -0.05) is 17.4 Å². The van der Waals surface area contributed by atoms with E-state index in [1.165, 1.54) is 15.8 Å². The number of thiazole rings is 1. The molecule has 3 aromatic rings. The van der Waals surface area contributed by atoms with Crippen LogP contribution < -0.4 is 4.90 Å². The standard InChI is InChI=1S/C13H16N6S/c1-8-5-6-10-12(9(8)2)14-13(20-10)18(3)7-11-15-16-17-19(11)4/h5-6H,7H2,1-4H3. The van der Waals surface area contributed by atoms with Gasteiger partial charge >= 0.3 is 0 Å². The highest BCUT2D eigenvalue weighted by molar-refractivity contribution is 7.22. The molecule has 0 atom stereocenters. The first-order chi connectivity index (χ1) is 9.56. The molecule has 7 heteroatoms. The monoisotopic (exact) mass is 288 g/mol. The fraction of sp³-hybridized carbons (Fsp3) is 0.385. The normalized spacial score (nSPS) is 11.2. The Labute approximate surface area is 121 Å². The molecule has 2 aromatic heterocycles. The number of nitrogens with zero attached hydrogens (tertiary/aromatic N) is 6. The van der Waals surface area contributed by atoms with E-state index in [4.69, 9.17) is 4.98 Å². The van der Waals surface area contributed by atoms with Crippen LogP contribution in [0.5, 0.6) is 0 Å². The number of anilines is 1. The van der Waals surface area contributed by atoms with E-state index >= 15 is 0 Å². The van der Waals surface area contributed by atoms with Gasteiger partial charge in [0.15, 0.2) is 11.0 Å². The van der Waals surface area contributed by atoms with Crippen LogP contribution in [0.25, 0.3) is 10.2 Å². The van der Waals surface area contributed by atoms with Crippen LogP contribution in [-0.2, 0) is 13.6 Å². The average Bonchev–Trinajstić information content (AvgIpc) is 3.02. The van der Waals surface area contributed by atoms with Crippen molar-refractivity contribution in [2.75, 3.05) is 11.9 Å². The molecule has 0 fully saturated rings. The van der Waals surface area contributed by atoms with Crippen molar-refractivity contribution < 1.29 is 0 Å². The predicted octanol–water partition coefficient (Wildman–Crippen LogP) is 2.07. The lowest BCUT2D eigenvalue weighted by Crippen LogP contribution is -2.19. The summed E-state index contributed by atoms with van der Waals surface area (Å²) in [6.45, 7) is 4.87. The fourth-order valence-corrected chi connectivity index (χ4v) is 3.02. The van der Waals surface area contributed by atoms with Gasteiger partial charge in [0, 0.05) is 14.1 Å². The Balaban J connectivity index is 1.94. The van der Waals surface area contributed by atoms with E-state index in [-0.39, 0.29) is 0 Å². The molecule has 6 nitrogen and oxygen atoms in total. The van der Waals surface area contributed by atoms with E-state index in [2.05, 4.69) is 46.4 Å². The van der Waals surface area contributed by atoms with Crippen molar-refractivity contribution in [2.24, 2.45) is 7.05 Å². The van der Waals surface area contributed by atoms with Crippen LogP contribution in [0.4, 0.5) is 5.13 Å². The molecule has 0 aliphatic rings. The van der Waals surface area contributed by atoms with Crippen molar-refractivity contribution in [1.82, 2.24) is 25.2 Å². The van der Waals surface area contributed by atoms with Crippen LogP contribution in [0.1, 0.15) is 17.0 Å². The minimum atomic E-state index is 0.640. The third kappa shape index (κ3) is 2.14. The van der Waals surface area contributed by atoms with Crippen molar-refractivity contribution in [3.8, 4) is 0 Å². The van der Waals surface area contributed by atoms with Gasteiger partial charge in [0.1, 0.15) is 0 Å². The molecule has 20 heavy (non-hydrogen) atoms. The maximum absolute atomic E-state index is 4.75. The second-order valence-electron chi connectivity index (χ2n) is 4.93. The average molecular weight is 288 g/mol. The molecule has 104 valence electrons. The van der Waals surface area contributed by atoms with Gasteiger partial charge in [-0.25, -0.2) is 9.67 Å². The molecule has 0 N–H and O–H groups in total. The molecular weight excluding hydrogens is 272 g/mol. The molecule has 0 bridgehead atoms. The van der Waals surface area contributed by atoms with Crippen LogP contribution in [0.2, 0.25) is 0 Å². The van der Waals surface area contributed by atoms with Gasteiger partial charge in [0.2, 0.25) is 0 Å². The highest BCUT2D eigenvalue weighted by atomic mass is 32.1. The molecule has 0 aliphatic carbocycles. The first kappa shape index (κ1) is 13.0. The van der Waals surface area contributed by atoms with E-state index in [0.717, 1.165) is 16.5 Å². The van der Waals surface area contributed by atoms with Crippen LogP contribution in [0, 0.1) is 13.8 Å². The van der Waals surface area contributed by atoms with E-state index in [0.29, 0.717) is 6.54 Å². The topological polar surface area (TPSA) is 59.7 Å². The minimum absolute atomic E-state index is 0.640. The predicted molar refractivity (Wildman–Crippen MR) is 80.0 cm³/mol. The number of aromatic nitrogens is 5. The van der Waals surface area contributed by atoms with E-state index in [9.17, 15) is 0 Å². The molecule has 3 rings (SSSR count). The molecule has 0 saturated heterocycles. The van der Waals surface area contributed by atoms with Gasteiger partial charge in [0.25, 0.3) is 0 Å². The number of hydrogen-bond donors (Lipinski definition) is 0. The Morgan fingerprint density at radius 1 is 1.30 bits per heavy atom. The molecule has 0 saturated carbocycles. The maximum atomic E-state index is 4.75. The Kier molecular flexibility index (Phi) is 3.13. The summed E-state index contributed by atoms with van der Waals surface area (Å²) in [6.07, 6.45) is 0. The smallest absolute Gasteiger partial charge is 0.186 e. The van der Waals surface area contributed by atoms with Crippen molar-refractivity contribution in [1.29, 1.82) is 0 Å². The Bertz CT molecular complexity index is 759. The van der Waals surface area contributed by atoms with Crippen molar-refractivity contribution in [3.05, 3.63) is 29.1 Å². The number of aryl methyl sites for hydroxylation is 3. The van der Waals surface area contributed by atoms with E-state index in [1.807, 2.05) is 14.1 Å². The minimum Gasteiger partial charge on any atom is -0.344 e. The zero-order chi connectivity index (χ0) is 14.3. The first-order valence-corrected chi connectivity index (χ1v) is 7.17. The van der Waals surface area contributed by atoms with Gasteiger partial charge in [-0.3, -0.25) is 0 Å². The second kappa shape index (κ2) is 4.82. The molecule has 0 radical (unpaired) electrons. The summed E-state index contributed by atoms with van der Waals surface area (Å²) < 4.78 is 2.89. The van der Waals surface area contributed by atoms with Gasteiger partial charge in [-0.2, -0.15) is 0 Å². The van der Waals surface area contributed by atoms with Crippen molar-refractivity contribution >= 4 is 26.7 Å². The third-order valence-corrected chi connectivity index (χ3v) is 4.62. The molecule has 1 aromatic carbocycles. The summed E-state index contributed by atoms with van der Waals surface area (Å²) >= 11 is 1.69. The Morgan fingerprint density at radius 2 is 2.10 bits per heavy atom. The lowest BCUT2D eigenvalue weighted by molar-refractivity contribution is 0.669. The summed E-state index contributed by atoms with van der Waals surface area (Å²) in [6, 6.07) is 4.28. The van der Waals surface area contributed by atoms with Crippen LogP contribution in [-0.4, -0.2) is 32.2 Å². The summed E-state index contributed by atoms with van der Waals surface area (Å²) in [5.74, 6) is 0.819. The molecule has 0 spiro atoms. The number of rotatable bonds is 3. The number of benzene rings is 1. The zero-order valence-corrected chi connectivity index (χ0v) is 12.8. The summed E-state index contributed by atoms with van der Waals surface area (Å²) in [5, 5.41) is 12.5. The lowest BCUT2D eigenvalue weighted by atomic mass is 10.1. The Hall–Kier alpha value is -2.02. The summed E-state index contributed by atoms with van der Waals surface area (Å²) in [4.78, 5) is 6.82. The van der Waals surface area contributed by atoms with Crippen LogP contribution in [0.3, 0.4) is 0 Å². The van der Waals surface area contributed by atoms with Crippen molar-refractivity contribution in [3.63, 3.8) is 0 Å². The zero-order valence-electron chi connectivity index (χ0n) is 12.0. The van der Waals surface area contributed by atoms with Gasteiger partial charge in [-0.15, -0.1) is 5.10 Å². The number of fused-ring (bicyclic) bond motifs is 1. The largest absolute Gasteiger partial charge is 0.344 e. The lowest BCUT2D eigenvalue weighted by Gasteiger charge is -2.13. The highest BCUT2D eigenvalue weighted by Crippen LogP contribution is 2.31. The van der Waals surface area contributed by atoms with Crippen molar-refractivity contribution in [2.45, 2.75) is 20.4 Å². The van der Waals surface area contributed by atoms with Gasteiger partial charge < -0.3 is 4.90 Å². The summed E-state index contributed by atoms with van der Waals surface area (Å²) in [7, 11) is 3.85. The highest BCUT2D eigenvalue weighted by Gasteiger charge is 2.13. The third-order valence-electron chi connectivity index (χ3n) is 3.49. The van der Waals surface area contributed by atoms with Crippen LogP contribution in [0.15, 0.2) is 12.1 Å². The van der Waals surface area contributed by atoms with Gasteiger partial charge in [-0.05, 0) is 41.5 Å². The molecular formula is C13H16N6S. The Morgan fingerprint density at radius 3 is 2.80 bits per heavy atom. The second-order valence-corrected chi connectivity index (χ2v) is 5.93. The number of hydrogen-bond acceptors (Lipinski definition) is 6. The molecule has 0 aliphatic heterocycles.